The molecule has 6 rings (SSSR count). The predicted molar refractivity (Wildman–Crippen MR) is 179 cm³/mol. The Labute approximate surface area is 268 Å². The van der Waals surface area contributed by atoms with Crippen molar-refractivity contribution in [2.45, 2.75) is 56.1 Å². The number of pyridine rings is 1. The Morgan fingerprint density at radius 1 is 0.977 bits per heavy atom. The van der Waals surface area contributed by atoms with Gasteiger partial charge in [0, 0.05) is 39.8 Å². The first-order chi connectivity index (χ1) is 21.2. The number of para-hydroxylation sites is 1. The zero-order valence-corrected chi connectivity index (χ0v) is 27.7. The van der Waals surface area contributed by atoms with Crippen LogP contribution in [0.4, 0.5) is 0 Å². The predicted octanol–water partition coefficient (Wildman–Crippen LogP) is 6.62. The molecule has 0 unspecified atom stereocenters. The minimum atomic E-state index is -3.62. The van der Waals surface area contributed by atoms with Gasteiger partial charge in [0.15, 0.2) is 9.84 Å². The summed E-state index contributed by atoms with van der Waals surface area (Å²) in [4.78, 5) is 24.7. The van der Waals surface area contributed by atoms with Crippen LogP contribution in [0.25, 0.3) is 22.2 Å². The number of hydrogen-bond donors (Lipinski definition) is 1. The van der Waals surface area contributed by atoms with E-state index >= 15 is 0 Å². The van der Waals surface area contributed by atoms with Crippen molar-refractivity contribution in [2.24, 2.45) is 0 Å². The highest BCUT2D eigenvalue weighted by Crippen LogP contribution is 2.36. The van der Waals surface area contributed by atoms with Crippen molar-refractivity contribution < 1.29 is 13.2 Å². The first-order valence-corrected chi connectivity index (χ1v) is 18.1. The molecular formula is C35H39BrN4O3S. The Bertz CT molecular complexity index is 1770. The fourth-order valence-corrected chi connectivity index (χ4v) is 7.99. The number of likely N-dealkylation sites (tertiary alicyclic amines) is 2. The molecule has 2 saturated heterocycles. The van der Waals surface area contributed by atoms with Gasteiger partial charge in [0.2, 0.25) is 0 Å². The highest BCUT2D eigenvalue weighted by atomic mass is 79.9. The number of hydrogen-bond acceptors (Lipinski definition) is 6. The highest BCUT2D eigenvalue weighted by molar-refractivity contribution is 9.10. The van der Waals surface area contributed by atoms with Crippen LogP contribution in [0, 0.1) is 0 Å². The average molecular weight is 676 g/mol. The summed E-state index contributed by atoms with van der Waals surface area (Å²) in [7, 11) is -3.62. The van der Waals surface area contributed by atoms with E-state index in [0.717, 1.165) is 47.1 Å². The largest absolute Gasteiger partial charge is 0.345 e. The second-order valence-electron chi connectivity index (χ2n) is 12.1. The molecule has 2 aliphatic rings. The summed E-state index contributed by atoms with van der Waals surface area (Å²) in [5.41, 5.74) is 4.08. The van der Waals surface area contributed by atoms with Crippen LogP contribution in [0.3, 0.4) is 0 Å². The number of sulfone groups is 1. The number of carbonyl (C=O) groups is 1. The van der Waals surface area contributed by atoms with Gasteiger partial charge in [0.25, 0.3) is 5.91 Å². The number of nitrogens with zero attached hydrogens (tertiary/aromatic N) is 3. The van der Waals surface area contributed by atoms with E-state index in [1.807, 2.05) is 67.6 Å². The third-order valence-electron chi connectivity index (χ3n) is 9.05. The Morgan fingerprint density at radius 2 is 1.68 bits per heavy atom. The molecule has 0 aliphatic carbocycles. The molecule has 0 radical (unpaired) electrons. The molecule has 1 amide bonds. The molecule has 230 valence electrons. The normalized spacial score (nSPS) is 17.6. The molecule has 0 saturated carbocycles. The lowest BCUT2D eigenvalue weighted by atomic mass is 9.94. The molecule has 1 N–H and O–H groups in total. The monoisotopic (exact) mass is 674 g/mol. The second kappa shape index (κ2) is 13.1. The number of halogens is 1. The van der Waals surface area contributed by atoms with E-state index in [-0.39, 0.29) is 16.8 Å². The maximum atomic E-state index is 14.4. The van der Waals surface area contributed by atoms with Gasteiger partial charge in [0.1, 0.15) is 0 Å². The first-order valence-electron chi connectivity index (χ1n) is 15.4. The summed E-state index contributed by atoms with van der Waals surface area (Å²) >= 11 is 3.61. The molecule has 3 heterocycles. The molecule has 2 fully saturated rings. The van der Waals surface area contributed by atoms with Gasteiger partial charge in [-0.3, -0.25) is 9.69 Å². The van der Waals surface area contributed by atoms with Crippen LogP contribution in [0.2, 0.25) is 0 Å². The Morgan fingerprint density at radius 3 is 2.36 bits per heavy atom. The van der Waals surface area contributed by atoms with Crippen LogP contribution >= 0.6 is 15.9 Å². The van der Waals surface area contributed by atoms with Crippen LogP contribution in [0.5, 0.6) is 0 Å². The number of fused-ring (bicyclic) bond motifs is 1. The highest BCUT2D eigenvalue weighted by Gasteiger charge is 2.30. The third kappa shape index (κ3) is 6.61. The topological polar surface area (TPSA) is 82.6 Å². The van der Waals surface area contributed by atoms with Gasteiger partial charge in [-0.1, -0.05) is 70.5 Å². The summed E-state index contributed by atoms with van der Waals surface area (Å²) in [6, 6.07) is 23.2. The lowest BCUT2D eigenvalue weighted by molar-refractivity contribution is 0.0936. The summed E-state index contributed by atoms with van der Waals surface area (Å²) in [6.45, 7) is 6.77. The van der Waals surface area contributed by atoms with Crippen molar-refractivity contribution in [3.63, 3.8) is 0 Å². The summed E-state index contributed by atoms with van der Waals surface area (Å²) in [6.07, 6.45) is 5.95. The van der Waals surface area contributed by atoms with E-state index < -0.39 is 9.84 Å². The summed E-state index contributed by atoms with van der Waals surface area (Å²) < 4.78 is 26.8. The fraction of sp³-hybridized carbons (Fsp3) is 0.371. The first kappa shape index (κ1) is 30.9. The van der Waals surface area contributed by atoms with Crippen molar-refractivity contribution in [3.8, 4) is 11.3 Å². The Kier molecular flexibility index (Phi) is 9.19. The van der Waals surface area contributed by atoms with Crippen LogP contribution in [0.1, 0.15) is 60.1 Å². The van der Waals surface area contributed by atoms with E-state index in [2.05, 4.69) is 31.0 Å². The molecule has 1 atom stereocenters. The van der Waals surface area contributed by atoms with E-state index in [9.17, 15) is 13.2 Å². The summed E-state index contributed by atoms with van der Waals surface area (Å²) in [5, 5.41) is 3.77. The smallest absolute Gasteiger partial charge is 0.252 e. The quantitative estimate of drug-likeness (QED) is 0.226. The molecule has 44 heavy (non-hydrogen) atoms. The Balaban J connectivity index is 1.49. The van der Waals surface area contributed by atoms with Gasteiger partial charge in [0.05, 0.1) is 27.7 Å². The lowest BCUT2D eigenvalue weighted by Crippen LogP contribution is -2.43. The molecule has 2 aliphatic heterocycles. The minimum absolute atomic E-state index is 0.120. The molecule has 9 heteroatoms. The summed E-state index contributed by atoms with van der Waals surface area (Å²) in [5.74, 6) is -0.238. The molecule has 0 bridgehead atoms. The van der Waals surface area contributed by atoms with Crippen molar-refractivity contribution in [1.82, 2.24) is 20.1 Å². The number of aromatic nitrogens is 1. The van der Waals surface area contributed by atoms with Crippen LogP contribution in [-0.4, -0.2) is 67.6 Å². The van der Waals surface area contributed by atoms with E-state index in [1.165, 1.54) is 32.2 Å². The van der Waals surface area contributed by atoms with E-state index in [4.69, 9.17) is 4.98 Å². The van der Waals surface area contributed by atoms with Crippen LogP contribution in [0.15, 0.2) is 82.2 Å². The van der Waals surface area contributed by atoms with Gasteiger partial charge >= 0.3 is 0 Å². The fourth-order valence-electron chi connectivity index (χ4n) is 6.75. The van der Waals surface area contributed by atoms with Gasteiger partial charge in [-0.15, -0.1) is 0 Å². The van der Waals surface area contributed by atoms with Gasteiger partial charge in [-0.2, -0.15) is 0 Å². The molecule has 3 aromatic carbocycles. The lowest BCUT2D eigenvalue weighted by Gasteiger charge is -2.37. The van der Waals surface area contributed by atoms with Crippen molar-refractivity contribution in [3.05, 3.63) is 94.0 Å². The van der Waals surface area contributed by atoms with Crippen molar-refractivity contribution in [1.29, 1.82) is 0 Å². The number of nitrogens with one attached hydrogen (secondary N) is 1. The Hall–Kier alpha value is -3.11. The molecule has 4 aromatic rings. The number of benzene rings is 3. The van der Waals surface area contributed by atoms with Gasteiger partial charge in [-0.05, 0) is 82.5 Å². The van der Waals surface area contributed by atoms with Crippen molar-refractivity contribution in [2.75, 3.05) is 32.4 Å². The van der Waals surface area contributed by atoms with Gasteiger partial charge in [-0.25, -0.2) is 13.4 Å². The zero-order valence-electron chi connectivity index (χ0n) is 25.3. The van der Waals surface area contributed by atoms with Crippen LogP contribution < -0.4 is 5.32 Å². The SMILES string of the molecule is C[C@H](NC(=O)c1c(CN2CCC(N3CCCC3)CC2)c(-c2cccc(Br)c2)nc2c(S(C)(=O)=O)cccc12)c1ccccc1. The average Bonchev–Trinajstić information content (AvgIpc) is 3.56. The molecule has 0 spiro atoms. The molecule has 7 nitrogen and oxygen atoms in total. The molecule has 1 aromatic heterocycles. The molecular weight excluding hydrogens is 636 g/mol. The van der Waals surface area contributed by atoms with E-state index in [0.29, 0.717) is 34.7 Å². The van der Waals surface area contributed by atoms with Crippen molar-refractivity contribution >= 4 is 42.6 Å². The van der Waals surface area contributed by atoms with Crippen LogP contribution in [-0.2, 0) is 16.4 Å². The maximum Gasteiger partial charge on any atom is 0.252 e. The standard InChI is InChI=1S/C35H39BrN4O3S/c1-24(25-10-4-3-5-11-25)37-35(41)32-29-14-9-15-31(44(2,42)43)34(29)38-33(26-12-8-13-27(36)22-26)30(32)23-39-20-16-28(17-21-39)40-18-6-7-19-40/h3-5,8-15,22,24,28H,6-7,16-21,23H2,1-2H3,(H,37,41)/t24-/m0/s1. The number of rotatable bonds is 8. The number of piperidine rings is 1. The third-order valence-corrected chi connectivity index (χ3v) is 10.7. The minimum Gasteiger partial charge on any atom is -0.345 e. The number of amides is 1. The number of carbonyl (C=O) groups excluding carboxylic acids is 1. The zero-order chi connectivity index (χ0) is 30.8. The maximum absolute atomic E-state index is 14.4. The second-order valence-corrected chi connectivity index (χ2v) is 15.0. The van der Waals surface area contributed by atoms with E-state index in [1.54, 1.807) is 12.1 Å². The van der Waals surface area contributed by atoms with Gasteiger partial charge < -0.3 is 10.2 Å².